The van der Waals surface area contributed by atoms with Crippen molar-refractivity contribution in [1.29, 1.82) is 0 Å². The van der Waals surface area contributed by atoms with Crippen molar-refractivity contribution in [3.8, 4) is 0 Å². The number of allylic oxidation sites excluding steroid dienone is 2. The first kappa shape index (κ1) is 12.3. The standard InChI is InChI=1S/C16H20ClN/c17-16-5-2-12(3-6-16)7-8-18-11-15-10-13-1-4-14(15)9-13/h1-6,13-15,18H,7-11H2. The molecule has 0 aromatic heterocycles. The van der Waals surface area contributed by atoms with E-state index in [9.17, 15) is 0 Å². The molecular weight excluding hydrogens is 242 g/mol. The smallest absolute Gasteiger partial charge is 0.0406 e. The fraction of sp³-hybridized carbons (Fsp3) is 0.500. The summed E-state index contributed by atoms with van der Waals surface area (Å²) < 4.78 is 0. The topological polar surface area (TPSA) is 12.0 Å². The van der Waals surface area contributed by atoms with Gasteiger partial charge in [-0.1, -0.05) is 35.9 Å². The maximum Gasteiger partial charge on any atom is 0.0406 e. The summed E-state index contributed by atoms with van der Waals surface area (Å²) in [5.74, 6) is 2.63. The molecule has 1 fully saturated rings. The summed E-state index contributed by atoms with van der Waals surface area (Å²) in [4.78, 5) is 0. The maximum absolute atomic E-state index is 5.87. The average Bonchev–Trinajstić information content (AvgIpc) is 2.99. The minimum atomic E-state index is 0.820. The van der Waals surface area contributed by atoms with E-state index in [-0.39, 0.29) is 0 Å². The van der Waals surface area contributed by atoms with Crippen LogP contribution in [0.4, 0.5) is 0 Å². The van der Waals surface area contributed by atoms with E-state index in [4.69, 9.17) is 11.6 Å². The molecule has 0 amide bonds. The lowest BCUT2D eigenvalue weighted by Crippen LogP contribution is -2.27. The summed E-state index contributed by atoms with van der Waals surface area (Å²) in [5.41, 5.74) is 1.36. The fourth-order valence-electron chi connectivity index (χ4n) is 3.30. The fourth-order valence-corrected chi connectivity index (χ4v) is 3.43. The van der Waals surface area contributed by atoms with Gasteiger partial charge in [-0.3, -0.25) is 0 Å². The van der Waals surface area contributed by atoms with Crippen LogP contribution in [0.3, 0.4) is 0 Å². The molecule has 2 heteroatoms. The van der Waals surface area contributed by atoms with Gasteiger partial charge in [0.05, 0.1) is 0 Å². The molecule has 2 bridgehead atoms. The zero-order chi connectivity index (χ0) is 12.4. The van der Waals surface area contributed by atoms with E-state index in [0.29, 0.717) is 0 Å². The van der Waals surface area contributed by atoms with E-state index in [1.54, 1.807) is 0 Å². The molecular formula is C16H20ClN. The summed E-state index contributed by atoms with van der Waals surface area (Å²) >= 11 is 5.87. The molecule has 1 nitrogen and oxygen atoms in total. The third-order valence-electron chi connectivity index (χ3n) is 4.33. The van der Waals surface area contributed by atoms with Gasteiger partial charge in [0.15, 0.2) is 0 Å². The summed E-state index contributed by atoms with van der Waals surface area (Å²) in [7, 11) is 0. The number of hydrogen-bond acceptors (Lipinski definition) is 1. The van der Waals surface area contributed by atoms with Crippen molar-refractivity contribution < 1.29 is 0 Å². The highest BCUT2D eigenvalue weighted by Gasteiger charge is 2.34. The molecule has 2 aliphatic carbocycles. The van der Waals surface area contributed by atoms with Crippen molar-refractivity contribution in [1.82, 2.24) is 5.32 Å². The van der Waals surface area contributed by atoms with Crippen molar-refractivity contribution in [2.75, 3.05) is 13.1 Å². The van der Waals surface area contributed by atoms with Crippen molar-refractivity contribution in [3.05, 3.63) is 47.0 Å². The predicted octanol–water partition coefficient (Wildman–Crippen LogP) is 3.68. The van der Waals surface area contributed by atoms with Gasteiger partial charge in [0.2, 0.25) is 0 Å². The lowest BCUT2D eigenvalue weighted by Gasteiger charge is -2.18. The first-order valence-electron chi connectivity index (χ1n) is 6.95. The van der Waals surface area contributed by atoms with Gasteiger partial charge in [-0.2, -0.15) is 0 Å². The van der Waals surface area contributed by atoms with Crippen LogP contribution in [0.15, 0.2) is 36.4 Å². The molecule has 3 rings (SSSR count). The molecule has 18 heavy (non-hydrogen) atoms. The second kappa shape index (κ2) is 5.46. The first-order chi connectivity index (χ1) is 8.81. The minimum Gasteiger partial charge on any atom is -0.316 e. The molecule has 3 unspecified atom stereocenters. The van der Waals surface area contributed by atoms with E-state index in [1.165, 1.54) is 24.9 Å². The highest BCUT2D eigenvalue weighted by atomic mass is 35.5. The number of benzene rings is 1. The van der Waals surface area contributed by atoms with E-state index < -0.39 is 0 Å². The number of fused-ring (bicyclic) bond motifs is 2. The molecule has 0 aliphatic heterocycles. The van der Waals surface area contributed by atoms with Crippen molar-refractivity contribution in [3.63, 3.8) is 0 Å². The predicted molar refractivity (Wildman–Crippen MR) is 76.9 cm³/mol. The Morgan fingerprint density at radius 2 is 1.94 bits per heavy atom. The number of hydrogen-bond donors (Lipinski definition) is 1. The molecule has 96 valence electrons. The van der Waals surface area contributed by atoms with Crippen molar-refractivity contribution >= 4 is 11.6 Å². The van der Waals surface area contributed by atoms with Crippen LogP contribution < -0.4 is 5.32 Å². The van der Waals surface area contributed by atoms with E-state index in [2.05, 4.69) is 29.6 Å². The van der Waals surface area contributed by atoms with Crippen molar-refractivity contribution in [2.24, 2.45) is 17.8 Å². The molecule has 1 aromatic carbocycles. The number of rotatable bonds is 5. The van der Waals surface area contributed by atoms with E-state index in [1.807, 2.05) is 12.1 Å². The molecule has 0 heterocycles. The summed E-state index contributed by atoms with van der Waals surface area (Å²) in [6.07, 6.45) is 8.74. The largest absolute Gasteiger partial charge is 0.316 e. The summed E-state index contributed by atoms with van der Waals surface area (Å²) in [6, 6.07) is 8.17. The van der Waals surface area contributed by atoms with Crippen LogP contribution in [-0.4, -0.2) is 13.1 Å². The Bertz CT molecular complexity index is 423. The van der Waals surface area contributed by atoms with Gasteiger partial charge in [-0.25, -0.2) is 0 Å². The van der Waals surface area contributed by atoms with Crippen LogP contribution in [-0.2, 0) is 6.42 Å². The van der Waals surface area contributed by atoms with Crippen molar-refractivity contribution in [2.45, 2.75) is 19.3 Å². The quantitative estimate of drug-likeness (QED) is 0.630. The molecule has 1 N–H and O–H groups in total. The van der Waals surface area contributed by atoms with Gasteiger partial charge in [-0.15, -0.1) is 0 Å². The van der Waals surface area contributed by atoms with Crippen LogP contribution >= 0.6 is 11.6 Å². The Kier molecular flexibility index (Phi) is 3.72. The van der Waals surface area contributed by atoms with Crippen LogP contribution in [0, 0.1) is 17.8 Å². The third kappa shape index (κ3) is 2.78. The normalized spacial score (nSPS) is 29.1. The average molecular weight is 262 g/mol. The van der Waals surface area contributed by atoms with Gasteiger partial charge in [0.25, 0.3) is 0 Å². The van der Waals surface area contributed by atoms with Crippen LogP contribution in [0.25, 0.3) is 0 Å². The molecule has 1 saturated carbocycles. The molecule has 0 saturated heterocycles. The molecule has 0 radical (unpaired) electrons. The number of halogens is 1. The lowest BCUT2D eigenvalue weighted by atomic mass is 9.93. The van der Waals surface area contributed by atoms with Crippen LogP contribution in [0.2, 0.25) is 5.02 Å². The zero-order valence-corrected chi connectivity index (χ0v) is 11.4. The third-order valence-corrected chi connectivity index (χ3v) is 4.58. The van der Waals surface area contributed by atoms with Crippen LogP contribution in [0.1, 0.15) is 18.4 Å². The van der Waals surface area contributed by atoms with E-state index >= 15 is 0 Å². The first-order valence-corrected chi connectivity index (χ1v) is 7.32. The summed E-state index contributed by atoms with van der Waals surface area (Å²) in [5, 5.41) is 4.43. The SMILES string of the molecule is Clc1ccc(CCNCC2CC3C=CC2C3)cc1. The minimum absolute atomic E-state index is 0.820. The number of nitrogens with one attached hydrogen (secondary N) is 1. The highest BCUT2D eigenvalue weighted by molar-refractivity contribution is 6.30. The van der Waals surface area contributed by atoms with Gasteiger partial charge in [-0.05, 0) is 67.8 Å². The monoisotopic (exact) mass is 261 g/mol. The van der Waals surface area contributed by atoms with Crippen LogP contribution in [0.5, 0.6) is 0 Å². The Morgan fingerprint density at radius 3 is 2.61 bits per heavy atom. The molecule has 1 aromatic rings. The lowest BCUT2D eigenvalue weighted by molar-refractivity contribution is 0.416. The molecule has 0 spiro atoms. The highest BCUT2D eigenvalue weighted by Crippen LogP contribution is 2.42. The van der Waals surface area contributed by atoms with Gasteiger partial charge in [0, 0.05) is 5.02 Å². The Balaban J connectivity index is 1.38. The Labute approximate surface area is 114 Å². The molecule has 2 aliphatic rings. The second-order valence-corrected chi connectivity index (χ2v) is 6.06. The molecule has 3 atom stereocenters. The Morgan fingerprint density at radius 1 is 1.11 bits per heavy atom. The van der Waals surface area contributed by atoms with Gasteiger partial charge in [0.1, 0.15) is 0 Å². The maximum atomic E-state index is 5.87. The van der Waals surface area contributed by atoms with Gasteiger partial charge < -0.3 is 5.32 Å². The summed E-state index contributed by atoms with van der Waals surface area (Å²) in [6.45, 7) is 2.25. The van der Waals surface area contributed by atoms with Gasteiger partial charge >= 0.3 is 0 Å². The Hall–Kier alpha value is -0.790. The van der Waals surface area contributed by atoms with E-state index in [0.717, 1.165) is 35.7 Å². The second-order valence-electron chi connectivity index (χ2n) is 5.62. The zero-order valence-electron chi connectivity index (χ0n) is 10.6.